The number of nitrogens with one attached hydrogen (secondary N) is 3. The van der Waals surface area contributed by atoms with Crippen molar-refractivity contribution >= 4 is 34.1 Å². The number of hydrogen-bond acceptors (Lipinski definition) is 5. The van der Waals surface area contributed by atoms with E-state index in [1.165, 1.54) is 12.3 Å². The third-order valence-electron chi connectivity index (χ3n) is 3.42. The van der Waals surface area contributed by atoms with Gasteiger partial charge in [0.1, 0.15) is 5.76 Å². The largest absolute Gasteiger partial charge is 0.469 e. The Morgan fingerprint density at radius 1 is 1.13 bits per heavy atom. The van der Waals surface area contributed by atoms with E-state index in [1.54, 1.807) is 19.1 Å². The first-order valence-electron chi connectivity index (χ1n) is 7.10. The van der Waals surface area contributed by atoms with Gasteiger partial charge in [0.15, 0.2) is 0 Å². The number of thiophene rings is 1. The average molecular weight is 333 g/mol. The summed E-state index contributed by atoms with van der Waals surface area (Å²) < 4.78 is 5.03. The summed E-state index contributed by atoms with van der Waals surface area (Å²) in [5.41, 5.74) is 5.01. The lowest BCUT2D eigenvalue weighted by Crippen LogP contribution is -2.41. The summed E-state index contributed by atoms with van der Waals surface area (Å²) in [5.74, 6) is -0.341. The molecular formula is C15H15N3O4S. The van der Waals surface area contributed by atoms with E-state index in [9.17, 15) is 14.4 Å². The highest BCUT2D eigenvalue weighted by Gasteiger charge is 2.29. The van der Waals surface area contributed by atoms with E-state index in [-0.39, 0.29) is 11.8 Å². The summed E-state index contributed by atoms with van der Waals surface area (Å²) in [6, 6.07) is 4.78. The number of hydrogen-bond donors (Lipinski definition) is 3. The normalized spacial score (nSPS) is 13.4. The Labute approximate surface area is 136 Å². The van der Waals surface area contributed by atoms with Gasteiger partial charge in [-0.1, -0.05) is 0 Å². The van der Waals surface area contributed by atoms with Gasteiger partial charge in [-0.3, -0.25) is 25.2 Å². The topological polar surface area (TPSA) is 100 Å². The van der Waals surface area contributed by atoms with Gasteiger partial charge in [-0.25, -0.2) is 0 Å². The second-order valence-electron chi connectivity index (χ2n) is 5.23. The summed E-state index contributed by atoms with van der Waals surface area (Å²) in [6.45, 7) is 1.66. The van der Waals surface area contributed by atoms with Gasteiger partial charge in [0.2, 0.25) is 5.91 Å². The number of anilines is 1. The van der Waals surface area contributed by atoms with Crippen LogP contribution < -0.4 is 16.2 Å². The number of carbonyl (C=O) groups excluding carboxylic acids is 3. The fourth-order valence-electron chi connectivity index (χ4n) is 1.96. The number of hydrazine groups is 1. The van der Waals surface area contributed by atoms with Crippen LogP contribution in [0.2, 0.25) is 0 Å². The molecule has 7 nitrogen and oxygen atoms in total. The third kappa shape index (κ3) is 3.59. The highest BCUT2D eigenvalue weighted by Crippen LogP contribution is 2.31. The minimum Gasteiger partial charge on any atom is -0.469 e. The second-order valence-corrected chi connectivity index (χ2v) is 6.31. The molecule has 0 spiro atoms. The molecule has 0 bridgehead atoms. The van der Waals surface area contributed by atoms with Crippen molar-refractivity contribution in [1.82, 2.24) is 10.9 Å². The van der Waals surface area contributed by atoms with E-state index < -0.39 is 11.8 Å². The van der Waals surface area contributed by atoms with E-state index in [0.29, 0.717) is 21.2 Å². The molecule has 1 aliphatic rings. The summed E-state index contributed by atoms with van der Waals surface area (Å²) in [5, 5.41) is 3.39. The Morgan fingerprint density at radius 2 is 1.87 bits per heavy atom. The first-order valence-corrected chi connectivity index (χ1v) is 7.91. The van der Waals surface area contributed by atoms with Gasteiger partial charge in [-0.15, -0.1) is 11.3 Å². The van der Waals surface area contributed by atoms with Crippen molar-refractivity contribution in [3.63, 3.8) is 0 Å². The fraction of sp³-hybridized carbons (Fsp3) is 0.267. The zero-order valence-electron chi connectivity index (χ0n) is 12.3. The van der Waals surface area contributed by atoms with Crippen LogP contribution in [0.3, 0.4) is 0 Å². The zero-order chi connectivity index (χ0) is 16.4. The molecule has 0 aliphatic heterocycles. The maximum absolute atomic E-state index is 12.0. The molecule has 1 fully saturated rings. The van der Waals surface area contributed by atoms with Gasteiger partial charge in [0, 0.05) is 5.92 Å². The third-order valence-corrected chi connectivity index (χ3v) is 4.42. The van der Waals surface area contributed by atoms with Crippen molar-refractivity contribution in [2.75, 3.05) is 5.32 Å². The maximum atomic E-state index is 12.0. The molecule has 3 rings (SSSR count). The highest BCUT2D eigenvalue weighted by atomic mass is 32.1. The molecule has 3 N–H and O–H groups in total. The van der Waals surface area contributed by atoms with Crippen LogP contribution in [0.15, 0.2) is 28.9 Å². The molecule has 2 aromatic heterocycles. The van der Waals surface area contributed by atoms with Crippen molar-refractivity contribution in [2.45, 2.75) is 19.8 Å². The molecule has 3 amide bonds. The summed E-state index contributed by atoms with van der Waals surface area (Å²) in [4.78, 5) is 35.9. The summed E-state index contributed by atoms with van der Waals surface area (Å²) in [6.07, 6.45) is 3.24. The minimum atomic E-state index is -0.455. The summed E-state index contributed by atoms with van der Waals surface area (Å²) >= 11 is 1.15. The van der Waals surface area contributed by atoms with Gasteiger partial charge in [-0.2, -0.15) is 0 Å². The van der Waals surface area contributed by atoms with Crippen LogP contribution in [0.1, 0.15) is 38.6 Å². The van der Waals surface area contributed by atoms with E-state index in [1.807, 2.05) is 0 Å². The van der Waals surface area contributed by atoms with Crippen molar-refractivity contribution in [3.8, 4) is 0 Å². The first kappa shape index (κ1) is 15.3. The Bertz CT molecular complexity index is 760. The van der Waals surface area contributed by atoms with Crippen LogP contribution in [0.4, 0.5) is 5.00 Å². The predicted molar refractivity (Wildman–Crippen MR) is 84.1 cm³/mol. The molecule has 2 heterocycles. The zero-order valence-corrected chi connectivity index (χ0v) is 13.2. The Balaban J connectivity index is 1.54. The van der Waals surface area contributed by atoms with Crippen LogP contribution >= 0.6 is 11.3 Å². The van der Waals surface area contributed by atoms with Gasteiger partial charge < -0.3 is 9.73 Å². The average Bonchev–Trinajstić information content (AvgIpc) is 3.14. The van der Waals surface area contributed by atoms with Gasteiger partial charge in [-0.05, 0) is 38.0 Å². The van der Waals surface area contributed by atoms with E-state index in [4.69, 9.17) is 4.42 Å². The molecule has 1 aliphatic carbocycles. The Hall–Kier alpha value is -2.61. The van der Waals surface area contributed by atoms with Crippen LogP contribution in [0.5, 0.6) is 0 Å². The smallest absolute Gasteiger partial charge is 0.279 e. The molecule has 0 aromatic carbocycles. The molecule has 8 heteroatoms. The van der Waals surface area contributed by atoms with Crippen LogP contribution in [0.25, 0.3) is 0 Å². The number of furan rings is 1. The summed E-state index contributed by atoms with van der Waals surface area (Å²) in [7, 11) is 0. The Kier molecular flexibility index (Phi) is 4.16. The minimum absolute atomic E-state index is 0.0115. The molecule has 23 heavy (non-hydrogen) atoms. The highest BCUT2D eigenvalue weighted by molar-refractivity contribution is 7.18. The number of carbonyl (C=O) groups is 3. The number of amides is 3. The molecule has 0 radical (unpaired) electrons. The lowest BCUT2D eigenvalue weighted by Gasteiger charge is -2.05. The van der Waals surface area contributed by atoms with Crippen molar-refractivity contribution in [2.24, 2.45) is 5.92 Å². The van der Waals surface area contributed by atoms with Crippen LogP contribution in [-0.4, -0.2) is 17.7 Å². The molecule has 2 aromatic rings. The van der Waals surface area contributed by atoms with Crippen molar-refractivity contribution in [1.29, 1.82) is 0 Å². The van der Waals surface area contributed by atoms with Gasteiger partial charge in [0.05, 0.1) is 21.7 Å². The number of rotatable bonds is 4. The van der Waals surface area contributed by atoms with Crippen molar-refractivity contribution in [3.05, 3.63) is 40.7 Å². The molecule has 120 valence electrons. The van der Waals surface area contributed by atoms with E-state index in [2.05, 4.69) is 16.2 Å². The molecule has 0 unspecified atom stereocenters. The molecule has 0 saturated heterocycles. The maximum Gasteiger partial charge on any atom is 0.279 e. The Morgan fingerprint density at radius 3 is 2.52 bits per heavy atom. The molecular weight excluding hydrogens is 318 g/mol. The van der Waals surface area contributed by atoms with Crippen LogP contribution in [0, 0.1) is 12.8 Å². The fourth-order valence-corrected chi connectivity index (χ4v) is 2.76. The van der Waals surface area contributed by atoms with E-state index >= 15 is 0 Å². The first-order chi connectivity index (χ1) is 11.0. The lowest BCUT2D eigenvalue weighted by atomic mass is 10.2. The number of aryl methyl sites for hydroxylation is 1. The van der Waals surface area contributed by atoms with Gasteiger partial charge in [0.25, 0.3) is 11.8 Å². The van der Waals surface area contributed by atoms with Crippen molar-refractivity contribution < 1.29 is 18.8 Å². The lowest BCUT2D eigenvalue weighted by molar-refractivity contribution is -0.117. The van der Waals surface area contributed by atoms with E-state index in [0.717, 1.165) is 24.2 Å². The standard InChI is InChI=1S/C15H15N3O4S/c1-8-10(6-7-22-8)14(20)17-18-15(21)11-4-5-12(23-11)16-13(19)9-2-3-9/h4-7,9H,2-3H2,1H3,(H,16,19)(H,17,20)(H,18,21). The van der Waals surface area contributed by atoms with Crippen LogP contribution in [-0.2, 0) is 4.79 Å². The second kappa shape index (κ2) is 6.25. The predicted octanol–water partition coefficient (Wildman–Crippen LogP) is 2.07. The molecule has 1 saturated carbocycles. The monoisotopic (exact) mass is 333 g/mol. The quantitative estimate of drug-likeness (QED) is 0.746. The molecule has 0 atom stereocenters. The van der Waals surface area contributed by atoms with Gasteiger partial charge >= 0.3 is 0 Å². The SMILES string of the molecule is Cc1occc1C(=O)NNC(=O)c1ccc(NC(=O)C2CC2)s1.